The fourth-order valence-electron chi connectivity index (χ4n) is 2.97. The molecule has 0 saturated carbocycles. The fraction of sp³-hybridized carbons (Fsp3) is 0.200. The van der Waals surface area contributed by atoms with Gasteiger partial charge >= 0.3 is 0 Å². The summed E-state index contributed by atoms with van der Waals surface area (Å²) in [7, 11) is 0. The number of benzene rings is 1. The standard InChI is InChI=1S/C20H20N4O2S/c25-20(17-5-1-2-6-18(17)23-9-3-4-10-23)22-21-15-16-7-8-19(27-16)24-11-13-26-14-12-24/h1-10,15H,11-14H2,(H,22,25)/b21-15+. The van der Waals surface area contributed by atoms with Crippen LogP contribution in [0.4, 0.5) is 5.00 Å². The fourth-order valence-corrected chi connectivity index (χ4v) is 3.90. The zero-order valence-electron chi connectivity index (χ0n) is 14.7. The molecule has 2 aromatic heterocycles. The molecule has 3 aromatic rings. The van der Waals surface area contributed by atoms with Crippen LogP contribution in [0.1, 0.15) is 15.2 Å². The van der Waals surface area contributed by atoms with E-state index in [4.69, 9.17) is 4.74 Å². The molecule has 3 heterocycles. The number of rotatable bonds is 5. The van der Waals surface area contributed by atoms with Crippen LogP contribution in [0, 0.1) is 0 Å². The molecule has 138 valence electrons. The van der Waals surface area contributed by atoms with Crippen molar-refractivity contribution in [3.05, 3.63) is 71.4 Å². The van der Waals surface area contributed by atoms with E-state index in [1.54, 1.807) is 23.6 Å². The molecular formula is C20H20N4O2S. The molecule has 0 unspecified atom stereocenters. The summed E-state index contributed by atoms with van der Waals surface area (Å²) in [5.41, 5.74) is 4.02. The number of amides is 1. The van der Waals surface area contributed by atoms with Crippen LogP contribution in [-0.2, 0) is 4.74 Å². The van der Waals surface area contributed by atoms with Gasteiger partial charge in [-0.05, 0) is 36.4 Å². The Kier molecular flexibility index (Phi) is 5.32. The van der Waals surface area contributed by atoms with Crippen molar-refractivity contribution < 1.29 is 9.53 Å². The van der Waals surface area contributed by atoms with Crippen molar-refractivity contribution in [3.63, 3.8) is 0 Å². The molecule has 0 atom stereocenters. The lowest BCUT2D eigenvalue weighted by atomic mass is 10.1. The number of hydrazone groups is 1. The zero-order chi connectivity index (χ0) is 18.5. The SMILES string of the molecule is O=C(N/N=C/c1ccc(N2CCOCC2)s1)c1ccccc1-n1cccc1. The second-order valence-electron chi connectivity index (χ2n) is 6.08. The molecule has 0 radical (unpaired) electrons. The first-order chi connectivity index (χ1) is 13.3. The maximum atomic E-state index is 12.5. The Morgan fingerprint density at radius 3 is 2.67 bits per heavy atom. The maximum absolute atomic E-state index is 12.5. The number of aromatic nitrogens is 1. The molecule has 1 amide bonds. The number of hydrogen-bond acceptors (Lipinski definition) is 5. The first-order valence-electron chi connectivity index (χ1n) is 8.79. The number of carbonyl (C=O) groups excluding carboxylic acids is 1. The zero-order valence-corrected chi connectivity index (χ0v) is 15.6. The Bertz CT molecular complexity index is 927. The van der Waals surface area contributed by atoms with Crippen LogP contribution in [0.5, 0.6) is 0 Å². The molecule has 1 saturated heterocycles. The van der Waals surface area contributed by atoms with Gasteiger partial charge in [-0.2, -0.15) is 5.10 Å². The number of anilines is 1. The monoisotopic (exact) mass is 380 g/mol. The molecule has 6 nitrogen and oxygen atoms in total. The second kappa shape index (κ2) is 8.20. The van der Waals surface area contributed by atoms with Gasteiger partial charge in [-0.25, -0.2) is 5.43 Å². The lowest BCUT2D eigenvalue weighted by Gasteiger charge is -2.27. The first-order valence-corrected chi connectivity index (χ1v) is 9.61. The van der Waals surface area contributed by atoms with Gasteiger partial charge in [0.2, 0.25) is 0 Å². The second-order valence-corrected chi connectivity index (χ2v) is 7.18. The van der Waals surface area contributed by atoms with E-state index >= 15 is 0 Å². The molecule has 4 rings (SSSR count). The summed E-state index contributed by atoms with van der Waals surface area (Å²) in [6.07, 6.45) is 5.51. The molecule has 0 aliphatic carbocycles. The molecule has 1 aliphatic rings. The molecule has 27 heavy (non-hydrogen) atoms. The van der Waals surface area contributed by atoms with E-state index in [2.05, 4.69) is 21.5 Å². The molecular weight excluding hydrogens is 360 g/mol. The average molecular weight is 380 g/mol. The van der Waals surface area contributed by atoms with Crippen LogP contribution in [0.2, 0.25) is 0 Å². The first kappa shape index (κ1) is 17.5. The van der Waals surface area contributed by atoms with Crippen LogP contribution in [0.15, 0.2) is 66.0 Å². The van der Waals surface area contributed by atoms with E-state index in [1.807, 2.05) is 53.4 Å². The van der Waals surface area contributed by atoms with Gasteiger partial charge in [0.05, 0.1) is 35.7 Å². The lowest BCUT2D eigenvalue weighted by molar-refractivity contribution is 0.0955. The highest BCUT2D eigenvalue weighted by atomic mass is 32.1. The highest BCUT2D eigenvalue weighted by Crippen LogP contribution is 2.25. The van der Waals surface area contributed by atoms with E-state index in [1.165, 1.54) is 5.00 Å². The van der Waals surface area contributed by atoms with Gasteiger partial charge in [-0.1, -0.05) is 12.1 Å². The summed E-state index contributed by atoms with van der Waals surface area (Å²) >= 11 is 1.65. The van der Waals surface area contributed by atoms with Gasteiger partial charge in [0.25, 0.3) is 5.91 Å². The van der Waals surface area contributed by atoms with Crippen molar-refractivity contribution in [1.82, 2.24) is 9.99 Å². The van der Waals surface area contributed by atoms with Gasteiger partial charge in [-0.15, -0.1) is 11.3 Å². The normalized spacial score (nSPS) is 14.6. The third-order valence-corrected chi connectivity index (χ3v) is 5.41. The summed E-state index contributed by atoms with van der Waals surface area (Å²) in [4.78, 5) is 15.8. The number of ether oxygens (including phenoxy) is 1. The predicted molar refractivity (Wildman–Crippen MR) is 108 cm³/mol. The summed E-state index contributed by atoms with van der Waals surface area (Å²) < 4.78 is 7.29. The number of morpholine rings is 1. The average Bonchev–Trinajstić information content (AvgIpc) is 3.41. The molecule has 1 aliphatic heterocycles. The van der Waals surface area contributed by atoms with E-state index in [0.717, 1.165) is 36.9 Å². The maximum Gasteiger partial charge on any atom is 0.273 e. The van der Waals surface area contributed by atoms with Crippen LogP contribution in [0.3, 0.4) is 0 Å². The predicted octanol–water partition coefficient (Wildman–Crippen LogP) is 3.14. The third-order valence-electron chi connectivity index (χ3n) is 4.32. The topological polar surface area (TPSA) is 58.9 Å². The van der Waals surface area contributed by atoms with Gasteiger partial charge in [-0.3, -0.25) is 4.79 Å². The van der Waals surface area contributed by atoms with E-state index in [9.17, 15) is 4.79 Å². The smallest absolute Gasteiger partial charge is 0.273 e. The van der Waals surface area contributed by atoms with Crippen molar-refractivity contribution in [2.45, 2.75) is 0 Å². The van der Waals surface area contributed by atoms with Crippen molar-refractivity contribution in [2.24, 2.45) is 5.10 Å². The van der Waals surface area contributed by atoms with E-state index in [0.29, 0.717) is 5.56 Å². The van der Waals surface area contributed by atoms with Crippen LogP contribution >= 0.6 is 11.3 Å². The largest absolute Gasteiger partial charge is 0.378 e. The minimum Gasteiger partial charge on any atom is -0.378 e. The Labute approximate surface area is 161 Å². The third kappa shape index (κ3) is 4.10. The Hall–Kier alpha value is -2.90. The molecule has 1 fully saturated rings. The number of nitrogens with zero attached hydrogens (tertiary/aromatic N) is 3. The van der Waals surface area contributed by atoms with Crippen molar-refractivity contribution in [2.75, 3.05) is 31.2 Å². The van der Waals surface area contributed by atoms with Gasteiger partial charge in [0, 0.05) is 30.4 Å². The molecule has 0 spiro atoms. The van der Waals surface area contributed by atoms with Gasteiger partial charge < -0.3 is 14.2 Å². The number of thiophene rings is 1. The quantitative estimate of drug-likeness (QED) is 0.546. The molecule has 7 heteroatoms. The van der Waals surface area contributed by atoms with E-state index < -0.39 is 0 Å². The highest BCUT2D eigenvalue weighted by molar-refractivity contribution is 7.17. The Balaban J connectivity index is 1.42. The molecule has 1 aromatic carbocycles. The number of carbonyl (C=O) groups is 1. The summed E-state index contributed by atoms with van der Waals surface area (Å²) in [6.45, 7) is 3.34. The minimum atomic E-state index is -0.236. The van der Waals surface area contributed by atoms with Crippen molar-refractivity contribution in [1.29, 1.82) is 0 Å². The highest BCUT2D eigenvalue weighted by Gasteiger charge is 2.13. The van der Waals surface area contributed by atoms with Crippen molar-refractivity contribution >= 4 is 28.5 Å². The summed E-state index contributed by atoms with van der Waals surface area (Å²) in [5.74, 6) is -0.236. The number of para-hydroxylation sites is 1. The molecule has 0 bridgehead atoms. The summed E-state index contributed by atoms with van der Waals surface area (Å²) in [5, 5.41) is 5.33. The van der Waals surface area contributed by atoms with E-state index in [-0.39, 0.29) is 5.91 Å². The van der Waals surface area contributed by atoms with Crippen LogP contribution in [0.25, 0.3) is 5.69 Å². The number of nitrogens with one attached hydrogen (secondary N) is 1. The van der Waals surface area contributed by atoms with Crippen molar-refractivity contribution in [3.8, 4) is 5.69 Å². The van der Waals surface area contributed by atoms with Crippen LogP contribution < -0.4 is 10.3 Å². The Morgan fingerprint density at radius 1 is 1.07 bits per heavy atom. The Morgan fingerprint density at radius 2 is 1.85 bits per heavy atom. The lowest BCUT2D eigenvalue weighted by Crippen LogP contribution is -2.35. The molecule has 1 N–H and O–H groups in total. The number of hydrogen-bond donors (Lipinski definition) is 1. The minimum absolute atomic E-state index is 0.236. The van der Waals surface area contributed by atoms with Gasteiger partial charge in [0.15, 0.2) is 0 Å². The summed E-state index contributed by atoms with van der Waals surface area (Å²) in [6, 6.07) is 15.4. The van der Waals surface area contributed by atoms with Crippen LogP contribution in [-0.4, -0.2) is 43.0 Å². The van der Waals surface area contributed by atoms with Gasteiger partial charge in [0.1, 0.15) is 0 Å².